The summed E-state index contributed by atoms with van der Waals surface area (Å²) in [4.78, 5) is 12.9. The van der Waals surface area contributed by atoms with Crippen LogP contribution in [0.25, 0.3) is 11.1 Å². The normalized spacial score (nSPS) is 19.7. The summed E-state index contributed by atoms with van der Waals surface area (Å²) in [6.07, 6.45) is -5.37. The van der Waals surface area contributed by atoms with Gasteiger partial charge in [-0.05, 0) is 41.8 Å². The third-order valence-corrected chi connectivity index (χ3v) is 4.87. The minimum Gasteiger partial charge on any atom is -0.490 e. The lowest BCUT2D eigenvalue weighted by atomic mass is 9.97. The van der Waals surface area contributed by atoms with E-state index in [1.54, 1.807) is 37.3 Å². The first-order chi connectivity index (χ1) is 13.7. The van der Waals surface area contributed by atoms with Crippen molar-refractivity contribution in [2.45, 2.75) is 44.7 Å². The van der Waals surface area contributed by atoms with Gasteiger partial charge in [-0.2, -0.15) is 0 Å². The molecular weight excluding hydrogens is 390 g/mol. The Morgan fingerprint density at radius 2 is 1.83 bits per heavy atom. The summed E-state index contributed by atoms with van der Waals surface area (Å²) in [6.45, 7) is 1.91. The van der Waals surface area contributed by atoms with Crippen molar-refractivity contribution in [3.8, 4) is 16.9 Å². The molecule has 0 N–H and O–H groups in total. The molecule has 3 rings (SSSR count). The van der Waals surface area contributed by atoms with Crippen molar-refractivity contribution in [1.82, 2.24) is 4.90 Å². The van der Waals surface area contributed by atoms with Gasteiger partial charge in [-0.1, -0.05) is 31.2 Å². The van der Waals surface area contributed by atoms with Gasteiger partial charge < -0.3 is 14.4 Å². The standard InChI is InChI=1S/C21H21F4NO3/c1-2-17-13-19(9-10-26(17)20(27)29-21(23,24)25)28-18-8-4-6-15(12-18)14-5-3-7-16(22)11-14/h3-8,11-12,17,19H,2,9-10,13H2,1H3. The van der Waals surface area contributed by atoms with Crippen LogP contribution in [0.4, 0.5) is 22.4 Å². The molecule has 0 bridgehead atoms. The number of amides is 1. The summed E-state index contributed by atoms with van der Waals surface area (Å²) >= 11 is 0. The summed E-state index contributed by atoms with van der Waals surface area (Å²) in [5.74, 6) is 0.246. The maximum Gasteiger partial charge on any atom is 0.576 e. The van der Waals surface area contributed by atoms with Crippen LogP contribution in [0.2, 0.25) is 0 Å². The zero-order valence-electron chi connectivity index (χ0n) is 15.8. The molecule has 156 valence electrons. The van der Waals surface area contributed by atoms with Gasteiger partial charge in [0.2, 0.25) is 0 Å². The molecule has 4 nitrogen and oxygen atoms in total. The van der Waals surface area contributed by atoms with E-state index in [2.05, 4.69) is 4.74 Å². The first-order valence-corrected chi connectivity index (χ1v) is 9.34. The quantitative estimate of drug-likeness (QED) is 0.600. The predicted molar refractivity (Wildman–Crippen MR) is 98.8 cm³/mol. The van der Waals surface area contributed by atoms with Crippen molar-refractivity contribution in [1.29, 1.82) is 0 Å². The molecule has 1 aliphatic rings. The fourth-order valence-corrected chi connectivity index (χ4v) is 3.52. The molecule has 2 aromatic carbocycles. The van der Waals surface area contributed by atoms with Gasteiger partial charge in [-0.15, -0.1) is 13.2 Å². The van der Waals surface area contributed by atoms with E-state index in [0.29, 0.717) is 30.6 Å². The van der Waals surface area contributed by atoms with Crippen LogP contribution in [0.1, 0.15) is 26.2 Å². The topological polar surface area (TPSA) is 38.8 Å². The maximum atomic E-state index is 13.5. The van der Waals surface area contributed by atoms with E-state index >= 15 is 0 Å². The monoisotopic (exact) mass is 411 g/mol. The summed E-state index contributed by atoms with van der Waals surface area (Å²) in [6, 6.07) is 13.0. The lowest BCUT2D eigenvalue weighted by Gasteiger charge is -2.38. The van der Waals surface area contributed by atoms with Crippen LogP contribution in [0.15, 0.2) is 48.5 Å². The smallest absolute Gasteiger partial charge is 0.490 e. The van der Waals surface area contributed by atoms with E-state index in [-0.39, 0.29) is 18.5 Å². The average Bonchev–Trinajstić information content (AvgIpc) is 2.66. The summed E-state index contributed by atoms with van der Waals surface area (Å²) < 4.78 is 60.1. The van der Waals surface area contributed by atoms with Crippen LogP contribution < -0.4 is 4.74 Å². The highest BCUT2D eigenvalue weighted by atomic mass is 19.4. The van der Waals surface area contributed by atoms with E-state index < -0.39 is 18.5 Å². The molecule has 1 aliphatic heterocycles. The zero-order chi connectivity index (χ0) is 21.0. The molecular formula is C21H21F4NO3. The SMILES string of the molecule is CCC1CC(Oc2cccc(-c3cccc(F)c3)c2)CCN1C(=O)OC(F)(F)F. The lowest BCUT2D eigenvalue weighted by molar-refractivity contribution is -0.295. The Bertz CT molecular complexity index is 856. The first-order valence-electron chi connectivity index (χ1n) is 9.34. The molecule has 0 saturated carbocycles. The Labute approximate surface area is 166 Å². The number of piperidine rings is 1. The molecule has 2 atom stereocenters. The van der Waals surface area contributed by atoms with Gasteiger partial charge in [0.1, 0.15) is 17.7 Å². The number of rotatable bonds is 4. The molecule has 29 heavy (non-hydrogen) atoms. The predicted octanol–water partition coefficient (Wildman–Crippen LogP) is 5.77. The molecule has 1 fully saturated rings. The maximum absolute atomic E-state index is 13.5. The van der Waals surface area contributed by atoms with Crippen LogP contribution in [0, 0.1) is 5.82 Å². The van der Waals surface area contributed by atoms with Crippen LogP contribution in [-0.2, 0) is 4.74 Å². The molecule has 0 aliphatic carbocycles. The summed E-state index contributed by atoms with van der Waals surface area (Å²) in [5, 5.41) is 0. The Hall–Kier alpha value is -2.77. The largest absolute Gasteiger partial charge is 0.576 e. The van der Waals surface area contributed by atoms with E-state index in [9.17, 15) is 22.4 Å². The number of carbonyl (C=O) groups excluding carboxylic acids is 1. The van der Waals surface area contributed by atoms with E-state index in [0.717, 1.165) is 10.5 Å². The Balaban J connectivity index is 1.66. The molecule has 2 unspecified atom stereocenters. The third kappa shape index (κ3) is 5.62. The van der Waals surface area contributed by atoms with Gasteiger partial charge in [0, 0.05) is 25.4 Å². The van der Waals surface area contributed by atoms with Crippen molar-refractivity contribution in [2.75, 3.05) is 6.54 Å². The lowest BCUT2D eigenvalue weighted by Crippen LogP contribution is -2.49. The van der Waals surface area contributed by atoms with E-state index in [4.69, 9.17) is 4.74 Å². The number of ether oxygens (including phenoxy) is 2. The highest BCUT2D eigenvalue weighted by molar-refractivity contribution is 5.68. The molecule has 0 radical (unpaired) electrons. The highest BCUT2D eigenvalue weighted by Gasteiger charge is 2.40. The van der Waals surface area contributed by atoms with Crippen molar-refractivity contribution in [3.05, 3.63) is 54.3 Å². The number of carbonyl (C=O) groups is 1. The number of halogens is 4. The summed E-state index contributed by atoms with van der Waals surface area (Å²) in [7, 11) is 0. The average molecular weight is 411 g/mol. The number of hydrogen-bond acceptors (Lipinski definition) is 3. The van der Waals surface area contributed by atoms with Crippen molar-refractivity contribution in [2.24, 2.45) is 0 Å². The fourth-order valence-electron chi connectivity index (χ4n) is 3.52. The zero-order valence-corrected chi connectivity index (χ0v) is 15.8. The number of nitrogens with zero attached hydrogens (tertiary/aromatic N) is 1. The van der Waals surface area contributed by atoms with Crippen LogP contribution in [-0.4, -0.2) is 36.0 Å². The van der Waals surface area contributed by atoms with Gasteiger partial charge in [0.15, 0.2) is 0 Å². The molecule has 0 aromatic heterocycles. The second-order valence-corrected chi connectivity index (χ2v) is 6.87. The van der Waals surface area contributed by atoms with Gasteiger partial charge in [-0.3, -0.25) is 0 Å². The number of hydrogen-bond donors (Lipinski definition) is 0. The minimum absolute atomic E-state index is 0.113. The van der Waals surface area contributed by atoms with Crippen molar-refractivity contribution < 1.29 is 31.8 Å². The van der Waals surface area contributed by atoms with Crippen molar-refractivity contribution >= 4 is 6.09 Å². The van der Waals surface area contributed by atoms with Crippen molar-refractivity contribution in [3.63, 3.8) is 0 Å². The first kappa shape index (κ1) is 21.0. The Kier molecular flexibility index (Phi) is 6.30. The molecule has 8 heteroatoms. The van der Waals surface area contributed by atoms with E-state index in [1.165, 1.54) is 12.1 Å². The van der Waals surface area contributed by atoms with Crippen LogP contribution >= 0.6 is 0 Å². The molecule has 0 spiro atoms. The number of likely N-dealkylation sites (tertiary alicyclic amines) is 1. The highest BCUT2D eigenvalue weighted by Crippen LogP contribution is 2.29. The summed E-state index contributed by atoms with van der Waals surface area (Å²) in [5.41, 5.74) is 1.51. The Morgan fingerprint density at radius 1 is 1.14 bits per heavy atom. The number of benzene rings is 2. The molecule has 2 aromatic rings. The van der Waals surface area contributed by atoms with E-state index in [1.807, 2.05) is 6.07 Å². The number of alkyl halides is 3. The molecule has 1 amide bonds. The molecule has 1 saturated heterocycles. The second-order valence-electron chi connectivity index (χ2n) is 6.87. The van der Waals surface area contributed by atoms with Crippen LogP contribution in [0.3, 0.4) is 0 Å². The molecule has 1 heterocycles. The second kappa shape index (κ2) is 8.71. The van der Waals surface area contributed by atoms with Gasteiger partial charge in [0.25, 0.3) is 0 Å². The third-order valence-electron chi connectivity index (χ3n) is 4.87. The fraction of sp³-hybridized carbons (Fsp3) is 0.381. The van der Waals surface area contributed by atoms with Gasteiger partial charge in [-0.25, -0.2) is 9.18 Å². The van der Waals surface area contributed by atoms with Gasteiger partial charge in [0.05, 0.1) is 0 Å². The van der Waals surface area contributed by atoms with Gasteiger partial charge >= 0.3 is 12.5 Å². The Morgan fingerprint density at radius 3 is 2.48 bits per heavy atom. The van der Waals surface area contributed by atoms with Crippen LogP contribution in [0.5, 0.6) is 5.75 Å². The minimum atomic E-state index is -5.00.